The van der Waals surface area contributed by atoms with Gasteiger partial charge in [0.05, 0.1) is 11.4 Å². The molecule has 148 valence electrons. The average molecular weight is 398 g/mol. The van der Waals surface area contributed by atoms with Crippen molar-refractivity contribution in [3.8, 4) is 11.3 Å². The molecule has 0 saturated heterocycles. The smallest absolute Gasteiger partial charge is 0.291 e. The fourth-order valence-electron chi connectivity index (χ4n) is 2.59. The molecule has 0 bridgehead atoms. The van der Waals surface area contributed by atoms with Crippen LogP contribution in [0.5, 0.6) is 0 Å². The molecule has 0 unspecified atom stereocenters. The highest BCUT2D eigenvalue weighted by molar-refractivity contribution is 5.91. The summed E-state index contributed by atoms with van der Waals surface area (Å²) in [6.07, 6.45) is 0. The summed E-state index contributed by atoms with van der Waals surface area (Å²) in [7, 11) is 0. The van der Waals surface area contributed by atoms with E-state index < -0.39 is 35.6 Å². The van der Waals surface area contributed by atoms with Crippen LogP contribution in [0, 0.1) is 11.6 Å². The predicted molar refractivity (Wildman–Crippen MR) is 103 cm³/mol. The second-order valence-corrected chi connectivity index (χ2v) is 6.13. The third-order valence-electron chi connectivity index (χ3n) is 3.85. The largest absolute Gasteiger partial charge is 0.322 e. The van der Waals surface area contributed by atoms with Crippen molar-refractivity contribution in [3.05, 3.63) is 76.6 Å². The maximum absolute atomic E-state index is 13.7. The van der Waals surface area contributed by atoms with E-state index in [-0.39, 0.29) is 11.4 Å². The highest BCUT2D eigenvalue weighted by Crippen LogP contribution is 2.18. The van der Waals surface area contributed by atoms with Gasteiger partial charge in [-0.05, 0) is 18.2 Å². The molecule has 0 atom stereocenters. The normalized spacial score (nSPS) is 10.4. The Kier molecular flexibility index (Phi) is 5.77. The zero-order valence-electron chi connectivity index (χ0n) is 15.3. The first-order chi connectivity index (χ1) is 13.8. The molecule has 3 rings (SSSR count). The van der Waals surface area contributed by atoms with E-state index in [0.29, 0.717) is 17.3 Å². The molecule has 0 aliphatic carbocycles. The van der Waals surface area contributed by atoms with Crippen LogP contribution in [-0.4, -0.2) is 21.6 Å². The second-order valence-electron chi connectivity index (χ2n) is 6.13. The fourth-order valence-corrected chi connectivity index (χ4v) is 2.59. The minimum Gasteiger partial charge on any atom is -0.322 e. The Labute approximate surface area is 164 Å². The quantitative estimate of drug-likeness (QED) is 0.691. The van der Waals surface area contributed by atoms with Gasteiger partial charge in [0.1, 0.15) is 23.9 Å². The first kappa shape index (κ1) is 19.9. The molecule has 0 aliphatic rings. The average Bonchev–Trinajstić information content (AvgIpc) is 2.67. The molecule has 2 amide bonds. The summed E-state index contributed by atoms with van der Waals surface area (Å²) in [6.45, 7) is 0.708. The number of benzene rings is 2. The molecule has 1 aromatic heterocycles. The molecule has 0 spiro atoms. The van der Waals surface area contributed by atoms with Gasteiger partial charge in [-0.25, -0.2) is 13.5 Å². The molecule has 0 fully saturated rings. The van der Waals surface area contributed by atoms with E-state index in [4.69, 9.17) is 0 Å². The maximum Gasteiger partial charge on any atom is 0.291 e. The SMILES string of the molecule is CC(=O)Nc1cc(-c2ccccc2)nn(CC(=O)Nc2ccc(F)cc2F)c1=O. The molecule has 2 aromatic carbocycles. The van der Waals surface area contributed by atoms with Crippen LogP contribution < -0.4 is 16.2 Å². The number of aromatic nitrogens is 2. The molecule has 2 N–H and O–H groups in total. The van der Waals surface area contributed by atoms with E-state index >= 15 is 0 Å². The summed E-state index contributed by atoms with van der Waals surface area (Å²) in [5.74, 6) is -2.94. The lowest BCUT2D eigenvalue weighted by Gasteiger charge is -2.12. The van der Waals surface area contributed by atoms with Crippen LogP contribution in [0.25, 0.3) is 11.3 Å². The van der Waals surface area contributed by atoms with Crippen molar-refractivity contribution in [2.45, 2.75) is 13.5 Å². The number of hydrogen-bond acceptors (Lipinski definition) is 4. The molecule has 3 aromatic rings. The van der Waals surface area contributed by atoms with Gasteiger partial charge in [-0.2, -0.15) is 5.10 Å². The standard InChI is InChI=1S/C20H16F2N4O3/c1-12(27)23-18-10-17(13-5-3-2-4-6-13)25-26(20(18)29)11-19(28)24-16-8-7-14(21)9-15(16)22/h2-10H,11H2,1H3,(H,23,27)(H,24,28). The number of carbonyl (C=O) groups is 2. The summed E-state index contributed by atoms with van der Waals surface area (Å²) < 4.78 is 27.6. The third-order valence-corrected chi connectivity index (χ3v) is 3.85. The van der Waals surface area contributed by atoms with Crippen LogP contribution in [-0.2, 0) is 16.1 Å². The summed E-state index contributed by atoms with van der Waals surface area (Å²) in [5.41, 5.74) is 0.0417. The van der Waals surface area contributed by atoms with Crippen LogP contribution in [0.1, 0.15) is 6.92 Å². The number of anilines is 2. The first-order valence-electron chi connectivity index (χ1n) is 8.53. The number of rotatable bonds is 5. The Hall–Kier alpha value is -3.88. The van der Waals surface area contributed by atoms with Gasteiger partial charge in [-0.15, -0.1) is 0 Å². The molecule has 7 nitrogen and oxygen atoms in total. The topological polar surface area (TPSA) is 93.1 Å². The lowest BCUT2D eigenvalue weighted by Crippen LogP contribution is -2.32. The Balaban J connectivity index is 1.93. The Morgan fingerprint density at radius 1 is 1.00 bits per heavy atom. The molecule has 29 heavy (non-hydrogen) atoms. The minimum absolute atomic E-state index is 0.0490. The van der Waals surface area contributed by atoms with Crippen LogP contribution in [0.4, 0.5) is 20.2 Å². The summed E-state index contributed by atoms with van der Waals surface area (Å²) in [5, 5.41) is 8.85. The molecular weight excluding hydrogens is 382 g/mol. The Morgan fingerprint density at radius 3 is 2.38 bits per heavy atom. The number of nitrogens with zero attached hydrogens (tertiary/aromatic N) is 2. The Morgan fingerprint density at radius 2 is 1.72 bits per heavy atom. The van der Waals surface area contributed by atoms with Crippen molar-refractivity contribution in [2.24, 2.45) is 0 Å². The predicted octanol–water partition coefficient (Wildman–Crippen LogP) is 2.79. The Bertz CT molecular complexity index is 1130. The number of halogens is 2. The van der Waals surface area contributed by atoms with E-state index in [1.807, 2.05) is 0 Å². The summed E-state index contributed by atoms with van der Waals surface area (Å²) in [6, 6.07) is 13.0. The van der Waals surface area contributed by atoms with Crippen LogP contribution in [0.2, 0.25) is 0 Å². The number of carbonyl (C=O) groups excluding carboxylic acids is 2. The highest BCUT2D eigenvalue weighted by Gasteiger charge is 2.15. The van der Waals surface area contributed by atoms with Crippen molar-refractivity contribution >= 4 is 23.2 Å². The first-order valence-corrected chi connectivity index (χ1v) is 8.53. The van der Waals surface area contributed by atoms with Crippen molar-refractivity contribution in [2.75, 3.05) is 10.6 Å². The molecule has 1 heterocycles. The monoisotopic (exact) mass is 398 g/mol. The van der Waals surface area contributed by atoms with Crippen LogP contribution >= 0.6 is 0 Å². The van der Waals surface area contributed by atoms with Crippen LogP contribution in [0.15, 0.2) is 59.4 Å². The molecule has 0 saturated carbocycles. The summed E-state index contributed by atoms with van der Waals surface area (Å²) >= 11 is 0. The molecule has 0 aliphatic heterocycles. The van der Waals surface area contributed by atoms with E-state index in [1.165, 1.54) is 13.0 Å². The van der Waals surface area contributed by atoms with E-state index in [1.54, 1.807) is 30.3 Å². The molecule has 9 heteroatoms. The fraction of sp³-hybridized carbons (Fsp3) is 0.100. The lowest BCUT2D eigenvalue weighted by atomic mass is 10.1. The minimum atomic E-state index is -0.948. The lowest BCUT2D eigenvalue weighted by molar-refractivity contribution is -0.117. The van der Waals surface area contributed by atoms with Crippen molar-refractivity contribution in [1.82, 2.24) is 9.78 Å². The van der Waals surface area contributed by atoms with Crippen LogP contribution in [0.3, 0.4) is 0 Å². The van der Waals surface area contributed by atoms with Gasteiger partial charge in [-0.1, -0.05) is 30.3 Å². The van der Waals surface area contributed by atoms with Crippen molar-refractivity contribution < 1.29 is 18.4 Å². The number of hydrogen-bond donors (Lipinski definition) is 2. The number of amides is 2. The van der Waals surface area contributed by atoms with Crippen molar-refractivity contribution in [3.63, 3.8) is 0 Å². The number of nitrogens with one attached hydrogen (secondary N) is 2. The molecule has 0 radical (unpaired) electrons. The van der Waals surface area contributed by atoms with Gasteiger partial charge in [0.2, 0.25) is 11.8 Å². The van der Waals surface area contributed by atoms with Crippen molar-refractivity contribution in [1.29, 1.82) is 0 Å². The maximum atomic E-state index is 13.7. The highest BCUT2D eigenvalue weighted by atomic mass is 19.1. The van der Waals surface area contributed by atoms with Gasteiger partial charge >= 0.3 is 0 Å². The van der Waals surface area contributed by atoms with Gasteiger partial charge in [0.25, 0.3) is 5.56 Å². The van der Waals surface area contributed by atoms with E-state index in [9.17, 15) is 23.2 Å². The van der Waals surface area contributed by atoms with Gasteiger partial charge in [-0.3, -0.25) is 14.4 Å². The van der Waals surface area contributed by atoms with E-state index in [0.717, 1.165) is 16.8 Å². The van der Waals surface area contributed by atoms with Gasteiger partial charge in [0, 0.05) is 18.6 Å². The zero-order valence-corrected chi connectivity index (χ0v) is 15.3. The molecular formula is C20H16F2N4O3. The third kappa shape index (κ3) is 4.89. The summed E-state index contributed by atoms with van der Waals surface area (Å²) in [4.78, 5) is 36.3. The van der Waals surface area contributed by atoms with Gasteiger partial charge in [0.15, 0.2) is 0 Å². The van der Waals surface area contributed by atoms with E-state index in [2.05, 4.69) is 15.7 Å². The van der Waals surface area contributed by atoms with Gasteiger partial charge < -0.3 is 10.6 Å². The zero-order chi connectivity index (χ0) is 21.0. The second kappa shape index (κ2) is 8.42.